The van der Waals surface area contributed by atoms with E-state index in [4.69, 9.17) is 0 Å². The fourth-order valence-electron chi connectivity index (χ4n) is 8.35. The molecule has 0 saturated heterocycles. The molecule has 4 aliphatic carbocycles. The third kappa shape index (κ3) is 3.11. The van der Waals surface area contributed by atoms with Gasteiger partial charge in [-0.05, 0) is 92.5 Å². The summed E-state index contributed by atoms with van der Waals surface area (Å²) in [6.45, 7) is 11.9. The third-order valence-corrected chi connectivity index (χ3v) is 10.1. The standard InChI is InChI=1S/C25H41NO2/c1-5-26(6-2)16-23(28)22-10-9-20-19-8-7-17-15-18(27)11-13-24(17,3)21(19)12-14-25(20,22)4/h17,19-22H,5-16H2,1-4H3. The van der Waals surface area contributed by atoms with Gasteiger partial charge < -0.3 is 0 Å². The first-order valence-electron chi connectivity index (χ1n) is 12.1. The number of nitrogens with zero attached hydrogens (tertiary/aromatic N) is 1. The number of Topliss-reactive ketones (excluding diaryl/α,β-unsaturated/α-hetero) is 2. The van der Waals surface area contributed by atoms with E-state index in [1.165, 1.54) is 32.1 Å². The zero-order valence-electron chi connectivity index (χ0n) is 18.6. The summed E-state index contributed by atoms with van der Waals surface area (Å²) in [5, 5.41) is 0. The summed E-state index contributed by atoms with van der Waals surface area (Å²) in [5.74, 6) is 4.22. The second kappa shape index (κ2) is 7.52. The minimum Gasteiger partial charge on any atom is -0.300 e. The van der Waals surface area contributed by atoms with Crippen LogP contribution in [-0.4, -0.2) is 36.1 Å². The summed E-state index contributed by atoms with van der Waals surface area (Å²) < 4.78 is 0. The van der Waals surface area contributed by atoms with Crippen LogP contribution >= 0.6 is 0 Å². The van der Waals surface area contributed by atoms with Crippen LogP contribution < -0.4 is 0 Å². The van der Waals surface area contributed by atoms with Gasteiger partial charge in [0.05, 0.1) is 6.54 Å². The molecule has 0 amide bonds. The highest BCUT2D eigenvalue weighted by Crippen LogP contribution is 2.67. The Labute approximate surface area is 172 Å². The fraction of sp³-hybridized carbons (Fsp3) is 0.920. The van der Waals surface area contributed by atoms with E-state index in [1.54, 1.807) is 0 Å². The van der Waals surface area contributed by atoms with Crippen molar-refractivity contribution in [2.45, 2.75) is 85.5 Å². The summed E-state index contributed by atoms with van der Waals surface area (Å²) >= 11 is 0. The van der Waals surface area contributed by atoms with Crippen LogP contribution in [-0.2, 0) is 9.59 Å². The van der Waals surface area contributed by atoms with Crippen molar-refractivity contribution in [2.75, 3.05) is 19.6 Å². The van der Waals surface area contributed by atoms with Gasteiger partial charge in [0.1, 0.15) is 11.6 Å². The van der Waals surface area contributed by atoms with Crippen molar-refractivity contribution in [2.24, 2.45) is 40.4 Å². The fourth-order valence-corrected chi connectivity index (χ4v) is 8.35. The molecule has 3 nitrogen and oxygen atoms in total. The second-order valence-corrected chi connectivity index (χ2v) is 11.0. The molecular weight excluding hydrogens is 346 g/mol. The normalized spacial score (nSPS) is 45.5. The zero-order valence-corrected chi connectivity index (χ0v) is 18.6. The summed E-state index contributed by atoms with van der Waals surface area (Å²) in [6, 6.07) is 0. The Hall–Kier alpha value is -0.700. The van der Waals surface area contributed by atoms with Gasteiger partial charge in [-0.25, -0.2) is 0 Å². The number of hydrogen-bond donors (Lipinski definition) is 0. The van der Waals surface area contributed by atoms with Crippen molar-refractivity contribution in [1.82, 2.24) is 4.90 Å². The first-order chi connectivity index (χ1) is 13.3. The lowest BCUT2D eigenvalue weighted by atomic mass is 9.44. The lowest BCUT2D eigenvalue weighted by molar-refractivity contribution is -0.144. The predicted molar refractivity (Wildman–Crippen MR) is 113 cm³/mol. The molecule has 0 spiro atoms. The highest BCUT2D eigenvalue weighted by atomic mass is 16.1. The lowest BCUT2D eigenvalue weighted by Gasteiger charge is -2.60. The van der Waals surface area contributed by atoms with Crippen LogP contribution in [0.1, 0.15) is 85.5 Å². The Kier molecular flexibility index (Phi) is 5.53. The molecule has 3 heteroatoms. The van der Waals surface area contributed by atoms with Crippen molar-refractivity contribution in [3.63, 3.8) is 0 Å². The molecule has 7 unspecified atom stereocenters. The molecule has 4 rings (SSSR count). The van der Waals surface area contributed by atoms with Crippen molar-refractivity contribution in [1.29, 1.82) is 0 Å². The highest BCUT2D eigenvalue weighted by Gasteiger charge is 2.61. The molecule has 0 aliphatic heterocycles. The first kappa shape index (κ1) is 20.6. The number of rotatable bonds is 5. The smallest absolute Gasteiger partial charge is 0.150 e. The van der Waals surface area contributed by atoms with E-state index in [0.29, 0.717) is 29.4 Å². The van der Waals surface area contributed by atoms with E-state index < -0.39 is 0 Å². The topological polar surface area (TPSA) is 37.4 Å². The largest absolute Gasteiger partial charge is 0.300 e. The molecule has 0 aromatic heterocycles. The van der Waals surface area contributed by atoms with Gasteiger partial charge in [0.2, 0.25) is 0 Å². The van der Waals surface area contributed by atoms with Crippen LogP contribution in [0.4, 0.5) is 0 Å². The number of hydrogen-bond acceptors (Lipinski definition) is 3. The number of ketones is 2. The van der Waals surface area contributed by atoms with Gasteiger partial charge in [-0.15, -0.1) is 0 Å². The zero-order chi connectivity index (χ0) is 20.1. The molecule has 0 N–H and O–H groups in total. The van der Waals surface area contributed by atoms with Crippen LogP contribution in [0, 0.1) is 40.4 Å². The van der Waals surface area contributed by atoms with Crippen LogP contribution in [0.25, 0.3) is 0 Å². The highest BCUT2D eigenvalue weighted by molar-refractivity contribution is 5.84. The van der Waals surface area contributed by atoms with Gasteiger partial charge >= 0.3 is 0 Å². The molecule has 0 bridgehead atoms. The van der Waals surface area contributed by atoms with Gasteiger partial charge in [-0.1, -0.05) is 27.7 Å². The molecule has 0 aromatic carbocycles. The Morgan fingerprint density at radius 2 is 1.68 bits per heavy atom. The van der Waals surface area contributed by atoms with Gasteiger partial charge in [-0.2, -0.15) is 0 Å². The maximum absolute atomic E-state index is 13.2. The van der Waals surface area contributed by atoms with Crippen LogP contribution in [0.15, 0.2) is 0 Å². The molecule has 4 aliphatic rings. The van der Waals surface area contributed by atoms with Crippen molar-refractivity contribution >= 4 is 11.6 Å². The van der Waals surface area contributed by atoms with E-state index in [9.17, 15) is 9.59 Å². The minimum absolute atomic E-state index is 0.221. The third-order valence-electron chi connectivity index (χ3n) is 10.1. The van der Waals surface area contributed by atoms with Crippen molar-refractivity contribution in [3.05, 3.63) is 0 Å². The molecule has 158 valence electrons. The van der Waals surface area contributed by atoms with Gasteiger partial charge in [0.15, 0.2) is 0 Å². The van der Waals surface area contributed by atoms with Crippen LogP contribution in [0.3, 0.4) is 0 Å². The number of carbonyl (C=O) groups is 2. The van der Waals surface area contributed by atoms with E-state index in [2.05, 4.69) is 32.6 Å². The second-order valence-electron chi connectivity index (χ2n) is 11.0. The summed E-state index contributed by atoms with van der Waals surface area (Å²) in [7, 11) is 0. The monoisotopic (exact) mass is 387 g/mol. The molecule has 4 fully saturated rings. The number of likely N-dealkylation sites (N-methyl/N-ethyl adjacent to an activating group) is 1. The molecule has 0 heterocycles. The van der Waals surface area contributed by atoms with Gasteiger partial charge in [0.25, 0.3) is 0 Å². The average Bonchev–Trinajstić information content (AvgIpc) is 3.04. The van der Waals surface area contributed by atoms with E-state index in [1.807, 2.05) is 0 Å². The van der Waals surface area contributed by atoms with Crippen molar-refractivity contribution in [3.8, 4) is 0 Å². The van der Waals surface area contributed by atoms with E-state index >= 15 is 0 Å². The molecule has 0 radical (unpaired) electrons. The number of fused-ring (bicyclic) bond motifs is 5. The molecule has 0 aromatic rings. The molecule has 4 saturated carbocycles. The van der Waals surface area contributed by atoms with E-state index in [-0.39, 0.29) is 11.3 Å². The van der Waals surface area contributed by atoms with Crippen LogP contribution in [0.2, 0.25) is 0 Å². The maximum atomic E-state index is 13.2. The summed E-state index contributed by atoms with van der Waals surface area (Å²) in [4.78, 5) is 27.6. The van der Waals surface area contributed by atoms with Gasteiger partial charge in [0, 0.05) is 18.8 Å². The Morgan fingerprint density at radius 3 is 2.39 bits per heavy atom. The van der Waals surface area contributed by atoms with Gasteiger partial charge in [-0.3, -0.25) is 14.5 Å². The number of carbonyl (C=O) groups excluding carboxylic acids is 2. The SMILES string of the molecule is CCN(CC)CC(=O)C1CCC2C3CCC4CC(=O)CCC4(C)C3CCC12C. The van der Waals surface area contributed by atoms with Crippen molar-refractivity contribution < 1.29 is 9.59 Å². The Balaban J connectivity index is 1.52. The molecule has 7 atom stereocenters. The van der Waals surface area contributed by atoms with E-state index in [0.717, 1.165) is 56.5 Å². The quantitative estimate of drug-likeness (QED) is 0.656. The molecule has 28 heavy (non-hydrogen) atoms. The lowest BCUT2D eigenvalue weighted by Crippen LogP contribution is -2.54. The maximum Gasteiger partial charge on any atom is 0.150 e. The predicted octanol–water partition coefficient (Wildman–Crippen LogP) is 5.13. The summed E-state index contributed by atoms with van der Waals surface area (Å²) in [5.41, 5.74) is 0.598. The van der Waals surface area contributed by atoms with Crippen LogP contribution in [0.5, 0.6) is 0 Å². The Morgan fingerprint density at radius 1 is 0.964 bits per heavy atom. The minimum atomic E-state index is 0.221. The molecular formula is C25H41NO2. The average molecular weight is 388 g/mol. The summed E-state index contributed by atoms with van der Waals surface area (Å²) in [6.07, 6.45) is 10.2. The Bertz CT molecular complexity index is 626. The first-order valence-corrected chi connectivity index (χ1v) is 12.1.